The van der Waals surface area contributed by atoms with Crippen LogP contribution in [0.15, 0.2) is 30.6 Å². The van der Waals surface area contributed by atoms with E-state index in [9.17, 15) is 4.79 Å². The van der Waals surface area contributed by atoms with E-state index in [1.54, 1.807) is 18.3 Å². The van der Waals surface area contributed by atoms with Gasteiger partial charge in [0.05, 0.1) is 10.6 Å². The molecule has 0 saturated carbocycles. The lowest BCUT2D eigenvalue weighted by atomic mass is 10.1. The summed E-state index contributed by atoms with van der Waals surface area (Å²) in [6.45, 7) is 2.88. The molecular formula is C13H13ClN2O2. The number of hydrogen-bond donors (Lipinski definition) is 1. The monoisotopic (exact) mass is 264 g/mol. The Morgan fingerprint density at radius 2 is 2.28 bits per heavy atom. The number of aromatic nitrogens is 2. The Hall–Kier alpha value is -1.81. The van der Waals surface area contributed by atoms with Crippen molar-refractivity contribution in [1.29, 1.82) is 0 Å². The van der Waals surface area contributed by atoms with Gasteiger partial charge in [0, 0.05) is 25.4 Å². The Bertz CT molecular complexity index is 578. The summed E-state index contributed by atoms with van der Waals surface area (Å²) < 4.78 is 2.02. The van der Waals surface area contributed by atoms with Gasteiger partial charge >= 0.3 is 5.97 Å². The average molecular weight is 265 g/mol. The molecule has 1 N–H and O–H groups in total. The molecule has 2 rings (SSSR count). The summed E-state index contributed by atoms with van der Waals surface area (Å²) in [5.74, 6) is -0.100. The number of halogens is 1. The van der Waals surface area contributed by atoms with Gasteiger partial charge in [-0.2, -0.15) is 0 Å². The smallest absolute Gasteiger partial charge is 0.337 e. The highest BCUT2D eigenvalue weighted by atomic mass is 35.5. The normalized spacial score (nSPS) is 10.6. The Morgan fingerprint density at radius 3 is 2.94 bits per heavy atom. The fourth-order valence-corrected chi connectivity index (χ4v) is 2.02. The summed E-state index contributed by atoms with van der Waals surface area (Å²) in [7, 11) is 0. The predicted molar refractivity (Wildman–Crippen MR) is 69.1 cm³/mol. The van der Waals surface area contributed by atoms with Crippen molar-refractivity contribution >= 4 is 17.6 Å². The van der Waals surface area contributed by atoms with E-state index in [1.165, 1.54) is 0 Å². The Morgan fingerprint density at radius 1 is 1.50 bits per heavy atom. The van der Waals surface area contributed by atoms with E-state index in [4.69, 9.17) is 16.7 Å². The molecule has 0 bridgehead atoms. The molecule has 0 unspecified atom stereocenters. The average Bonchev–Trinajstić information content (AvgIpc) is 2.78. The number of rotatable bonds is 4. The predicted octanol–water partition coefficient (Wildman–Crippen LogP) is 2.85. The van der Waals surface area contributed by atoms with Gasteiger partial charge in [0.1, 0.15) is 5.82 Å². The molecule has 0 radical (unpaired) electrons. The first-order valence-corrected chi connectivity index (χ1v) is 6.01. The zero-order valence-electron chi connectivity index (χ0n) is 9.93. The highest BCUT2D eigenvalue weighted by molar-refractivity contribution is 6.33. The van der Waals surface area contributed by atoms with Crippen molar-refractivity contribution in [3.05, 3.63) is 52.6 Å². The van der Waals surface area contributed by atoms with Crippen molar-refractivity contribution in [2.75, 3.05) is 0 Å². The molecule has 94 valence electrons. The first-order valence-electron chi connectivity index (χ1n) is 5.63. The molecular weight excluding hydrogens is 252 g/mol. The van der Waals surface area contributed by atoms with E-state index in [1.807, 2.05) is 23.8 Å². The van der Waals surface area contributed by atoms with Crippen LogP contribution < -0.4 is 0 Å². The lowest BCUT2D eigenvalue weighted by Gasteiger charge is -2.06. The molecule has 0 spiro atoms. The largest absolute Gasteiger partial charge is 0.478 e. The van der Waals surface area contributed by atoms with Gasteiger partial charge < -0.3 is 9.67 Å². The first kappa shape index (κ1) is 12.6. The standard InChI is InChI=1S/C13H13ClN2O2/c1-2-16-6-5-15-12(16)8-9-3-4-11(14)10(7-9)13(17)18/h3-7H,2,8H2,1H3,(H,17,18). The van der Waals surface area contributed by atoms with Crippen molar-refractivity contribution in [1.82, 2.24) is 9.55 Å². The number of aromatic carboxylic acids is 1. The van der Waals surface area contributed by atoms with Crippen LogP contribution in [-0.2, 0) is 13.0 Å². The summed E-state index contributed by atoms with van der Waals surface area (Å²) in [5, 5.41) is 9.27. The maximum absolute atomic E-state index is 11.0. The van der Waals surface area contributed by atoms with Gasteiger partial charge in [-0.3, -0.25) is 0 Å². The Kier molecular flexibility index (Phi) is 3.67. The van der Waals surface area contributed by atoms with Crippen LogP contribution in [0.3, 0.4) is 0 Å². The molecule has 5 heteroatoms. The van der Waals surface area contributed by atoms with Crippen LogP contribution in [0.25, 0.3) is 0 Å². The molecule has 18 heavy (non-hydrogen) atoms. The third kappa shape index (κ3) is 2.54. The van der Waals surface area contributed by atoms with Crippen molar-refractivity contribution in [2.24, 2.45) is 0 Å². The number of imidazole rings is 1. The van der Waals surface area contributed by atoms with Crippen LogP contribution >= 0.6 is 11.6 Å². The van der Waals surface area contributed by atoms with Crippen LogP contribution in [0, 0.1) is 0 Å². The molecule has 1 heterocycles. The van der Waals surface area contributed by atoms with Crippen LogP contribution in [0.1, 0.15) is 28.7 Å². The number of aryl methyl sites for hydroxylation is 1. The lowest BCUT2D eigenvalue weighted by molar-refractivity contribution is 0.0697. The summed E-state index contributed by atoms with van der Waals surface area (Å²) in [5.41, 5.74) is 1.02. The maximum Gasteiger partial charge on any atom is 0.337 e. The van der Waals surface area contributed by atoms with Gasteiger partial charge in [0.25, 0.3) is 0 Å². The highest BCUT2D eigenvalue weighted by Crippen LogP contribution is 2.19. The minimum absolute atomic E-state index is 0.128. The van der Waals surface area contributed by atoms with Gasteiger partial charge in [-0.1, -0.05) is 17.7 Å². The molecule has 0 aliphatic heterocycles. The van der Waals surface area contributed by atoms with Gasteiger partial charge in [0.2, 0.25) is 0 Å². The van der Waals surface area contributed by atoms with Crippen molar-refractivity contribution in [3.63, 3.8) is 0 Å². The highest BCUT2D eigenvalue weighted by Gasteiger charge is 2.10. The number of carbonyl (C=O) groups is 1. The quantitative estimate of drug-likeness (QED) is 0.924. The number of hydrogen-bond acceptors (Lipinski definition) is 2. The van der Waals surface area contributed by atoms with E-state index >= 15 is 0 Å². The molecule has 2 aromatic rings. The Balaban J connectivity index is 2.30. The molecule has 0 saturated heterocycles. The molecule has 0 aliphatic rings. The molecule has 1 aromatic carbocycles. The fourth-order valence-electron chi connectivity index (χ4n) is 1.82. The van der Waals surface area contributed by atoms with Crippen molar-refractivity contribution in [2.45, 2.75) is 19.9 Å². The zero-order chi connectivity index (χ0) is 13.1. The minimum atomic E-state index is -1.01. The molecule has 0 aliphatic carbocycles. The number of carboxylic acid groups (broad SMARTS) is 1. The molecule has 1 aromatic heterocycles. The molecule has 0 atom stereocenters. The van der Waals surface area contributed by atoms with E-state index < -0.39 is 5.97 Å². The van der Waals surface area contributed by atoms with Crippen molar-refractivity contribution < 1.29 is 9.90 Å². The third-order valence-corrected chi connectivity index (χ3v) is 3.10. The summed E-state index contributed by atoms with van der Waals surface area (Å²) in [6.07, 6.45) is 4.24. The molecule has 0 fully saturated rings. The van der Waals surface area contributed by atoms with Gasteiger partial charge in [-0.05, 0) is 24.6 Å². The zero-order valence-corrected chi connectivity index (χ0v) is 10.7. The topological polar surface area (TPSA) is 55.1 Å². The number of nitrogens with zero attached hydrogens (tertiary/aromatic N) is 2. The van der Waals surface area contributed by atoms with Crippen LogP contribution in [0.4, 0.5) is 0 Å². The Labute approximate surface area is 110 Å². The maximum atomic E-state index is 11.0. The second-order valence-electron chi connectivity index (χ2n) is 3.93. The molecule has 0 amide bonds. The third-order valence-electron chi connectivity index (χ3n) is 2.77. The van der Waals surface area contributed by atoms with Crippen molar-refractivity contribution in [3.8, 4) is 0 Å². The van der Waals surface area contributed by atoms with E-state index in [-0.39, 0.29) is 10.6 Å². The minimum Gasteiger partial charge on any atom is -0.478 e. The van der Waals surface area contributed by atoms with Crippen LogP contribution in [0.5, 0.6) is 0 Å². The molecule has 4 nitrogen and oxygen atoms in total. The van der Waals surface area contributed by atoms with E-state index in [0.29, 0.717) is 6.42 Å². The van der Waals surface area contributed by atoms with Gasteiger partial charge in [-0.25, -0.2) is 9.78 Å². The number of carboxylic acids is 1. The van der Waals surface area contributed by atoms with E-state index in [2.05, 4.69) is 4.98 Å². The second kappa shape index (κ2) is 5.23. The second-order valence-corrected chi connectivity index (χ2v) is 4.33. The van der Waals surface area contributed by atoms with Gasteiger partial charge in [0.15, 0.2) is 0 Å². The summed E-state index contributed by atoms with van der Waals surface area (Å²) >= 11 is 5.83. The first-order chi connectivity index (χ1) is 8.61. The van der Waals surface area contributed by atoms with Gasteiger partial charge in [-0.15, -0.1) is 0 Å². The lowest BCUT2D eigenvalue weighted by Crippen LogP contribution is -2.04. The van der Waals surface area contributed by atoms with E-state index in [0.717, 1.165) is 17.9 Å². The number of benzene rings is 1. The van der Waals surface area contributed by atoms with Crippen LogP contribution in [-0.4, -0.2) is 20.6 Å². The fraction of sp³-hybridized carbons (Fsp3) is 0.231. The van der Waals surface area contributed by atoms with Crippen LogP contribution in [0.2, 0.25) is 5.02 Å². The summed E-state index contributed by atoms with van der Waals surface area (Å²) in [6, 6.07) is 5.03. The SMILES string of the molecule is CCn1ccnc1Cc1ccc(Cl)c(C(=O)O)c1. The summed E-state index contributed by atoms with van der Waals surface area (Å²) in [4.78, 5) is 15.3.